The van der Waals surface area contributed by atoms with Crippen LogP contribution in [0.15, 0.2) is 36.0 Å². The zero-order valence-electron chi connectivity index (χ0n) is 9.58. The second kappa shape index (κ2) is 5.80. The Kier molecular flexibility index (Phi) is 4.39. The van der Waals surface area contributed by atoms with E-state index in [1.54, 1.807) is 30.5 Å². The molecule has 0 saturated carbocycles. The van der Waals surface area contributed by atoms with Crippen molar-refractivity contribution in [1.82, 2.24) is 5.32 Å². The van der Waals surface area contributed by atoms with Crippen LogP contribution in [0.4, 0.5) is 16.2 Å². The van der Waals surface area contributed by atoms with Crippen LogP contribution < -0.4 is 16.4 Å². The van der Waals surface area contributed by atoms with E-state index >= 15 is 0 Å². The van der Waals surface area contributed by atoms with E-state index in [0.29, 0.717) is 11.4 Å². The molecule has 2 amide bonds. The molecule has 0 fully saturated rings. The highest BCUT2D eigenvalue weighted by molar-refractivity contribution is 5.90. The highest BCUT2D eigenvalue weighted by Crippen LogP contribution is 2.09. The van der Waals surface area contributed by atoms with E-state index < -0.39 is 0 Å². The Bertz CT molecular complexity index is 382. The first-order valence-corrected chi connectivity index (χ1v) is 5.20. The third-order valence-corrected chi connectivity index (χ3v) is 2.18. The molecular formula is C12H17N3O. The van der Waals surface area contributed by atoms with Gasteiger partial charge in [-0.1, -0.05) is 12.5 Å². The maximum absolute atomic E-state index is 11.4. The summed E-state index contributed by atoms with van der Waals surface area (Å²) in [4.78, 5) is 11.4. The van der Waals surface area contributed by atoms with Crippen LogP contribution in [0.2, 0.25) is 0 Å². The number of hydrogen-bond acceptors (Lipinski definition) is 2. The lowest BCUT2D eigenvalue weighted by Gasteiger charge is -2.05. The quantitative estimate of drug-likeness (QED) is 0.684. The van der Waals surface area contributed by atoms with E-state index in [2.05, 4.69) is 10.6 Å². The lowest BCUT2D eigenvalue weighted by atomic mass is 10.2. The number of carbonyl (C=O) groups is 1. The van der Waals surface area contributed by atoms with Crippen molar-refractivity contribution in [3.63, 3.8) is 0 Å². The molecule has 1 aromatic rings. The van der Waals surface area contributed by atoms with Crippen molar-refractivity contribution in [3.8, 4) is 0 Å². The number of urea groups is 1. The van der Waals surface area contributed by atoms with Crippen molar-refractivity contribution in [2.45, 2.75) is 20.3 Å². The minimum absolute atomic E-state index is 0.252. The number of benzene rings is 1. The molecule has 0 atom stereocenters. The molecule has 0 heterocycles. The molecule has 1 rings (SSSR count). The molecule has 16 heavy (non-hydrogen) atoms. The Labute approximate surface area is 95.5 Å². The number of nitrogens with two attached hydrogens (primary N) is 1. The number of allylic oxidation sites excluding steroid dienone is 1. The lowest BCUT2D eigenvalue weighted by Crippen LogP contribution is -2.24. The summed E-state index contributed by atoms with van der Waals surface area (Å²) in [6, 6.07) is 6.74. The first-order chi connectivity index (χ1) is 7.61. The zero-order valence-corrected chi connectivity index (χ0v) is 9.58. The summed E-state index contributed by atoms with van der Waals surface area (Å²) < 4.78 is 0. The molecule has 0 spiro atoms. The Morgan fingerprint density at radius 1 is 1.38 bits per heavy atom. The lowest BCUT2D eigenvalue weighted by molar-refractivity contribution is 0.255. The first kappa shape index (κ1) is 12.1. The summed E-state index contributed by atoms with van der Waals surface area (Å²) in [5.41, 5.74) is 8.04. The standard InChI is InChI=1S/C12H17N3O/c1-3-9(2)8-14-12(16)15-11-6-4-10(13)5-7-11/h4-8H,3,13H2,1-2H3,(H2,14,15,16)/b9-8+. The predicted molar refractivity (Wildman–Crippen MR) is 67.1 cm³/mol. The minimum Gasteiger partial charge on any atom is -0.399 e. The van der Waals surface area contributed by atoms with Gasteiger partial charge < -0.3 is 16.4 Å². The smallest absolute Gasteiger partial charge is 0.323 e. The maximum Gasteiger partial charge on any atom is 0.323 e. The molecule has 0 aliphatic carbocycles. The number of nitrogen functional groups attached to an aromatic ring is 1. The molecule has 0 bridgehead atoms. The summed E-state index contributed by atoms with van der Waals surface area (Å²) >= 11 is 0. The van der Waals surface area contributed by atoms with Crippen molar-refractivity contribution >= 4 is 17.4 Å². The van der Waals surface area contributed by atoms with Crippen LogP contribution in [-0.4, -0.2) is 6.03 Å². The van der Waals surface area contributed by atoms with E-state index in [1.807, 2.05) is 13.8 Å². The molecule has 0 aromatic heterocycles. The molecule has 0 saturated heterocycles. The van der Waals surface area contributed by atoms with Crippen LogP contribution in [0, 0.1) is 0 Å². The monoisotopic (exact) mass is 219 g/mol. The van der Waals surface area contributed by atoms with E-state index in [4.69, 9.17) is 5.73 Å². The van der Waals surface area contributed by atoms with Gasteiger partial charge in [0.15, 0.2) is 0 Å². The molecule has 4 heteroatoms. The predicted octanol–water partition coefficient (Wildman–Crippen LogP) is 2.70. The number of rotatable bonds is 3. The van der Waals surface area contributed by atoms with E-state index in [0.717, 1.165) is 12.0 Å². The van der Waals surface area contributed by atoms with Crippen LogP contribution in [-0.2, 0) is 0 Å². The van der Waals surface area contributed by atoms with Crippen LogP contribution in [0.5, 0.6) is 0 Å². The average Bonchev–Trinajstić information content (AvgIpc) is 2.29. The molecule has 0 aliphatic rings. The fraction of sp³-hybridized carbons (Fsp3) is 0.250. The van der Waals surface area contributed by atoms with Crippen LogP contribution in [0.3, 0.4) is 0 Å². The highest BCUT2D eigenvalue weighted by atomic mass is 16.2. The van der Waals surface area contributed by atoms with Gasteiger partial charge >= 0.3 is 6.03 Å². The van der Waals surface area contributed by atoms with E-state index in [9.17, 15) is 4.79 Å². The molecule has 4 nitrogen and oxygen atoms in total. The van der Waals surface area contributed by atoms with E-state index in [1.165, 1.54) is 0 Å². The Morgan fingerprint density at radius 3 is 2.56 bits per heavy atom. The maximum atomic E-state index is 11.4. The second-order valence-electron chi connectivity index (χ2n) is 3.56. The number of amides is 2. The van der Waals surface area contributed by atoms with Gasteiger partial charge in [-0.05, 0) is 37.6 Å². The van der Waals surface area contributed by atoms with Crippen molar-refractivity contribution in [1.29, 1.82) is 0 Å². The van der Waals surface area contributed by atoms with E-state index in [-0.39, 0.29) is 6.03 Å². The summed E-state index contributed by atoms with van der Waals surface area (Å²) in [5, 5.41) is 5.35. The zero-order chi connectivity index (χ0) is 12.0. The SMILES string of the molecule is CC/C(C)=C/NC(=O)Nc1ccc(N)cc1. The number of hydrogen-bond donors (Lipinski definition) is 3. The summed E-state index contributed by atoms with van der Waals surface area (Å²) in [6.45, 7) is 3.99. The fourth-order valence-electron chi connectivity index (χ4n) is 1.02. The number of anilines is 2. The van der Waals surface area contributed by atoms with Gasteiger partial charge in [0, 0.05) is 17.6 Å². The Morgan fingerprint density at radius 2 is 2.00 bits per heavy atom. The Balaban J connectivity index is 2.49. The first-order valence-electron chi connectivity index (χ1n) is 5.20. The number of carbonyl (C=O) groups excluding carboxylic acids is 1. The van der Waals surface area contributed by atoms with Gasteiger partial charge in [-0.15, -0.1) is 0 Å². The molecule has 0 radical (unpaired) electrons. The van der Waals surface area contributed by atoms with Gasteiger partial charge in [0.05, 0.1) is 0 Å². The third-order valence-electron chi connectivity index (χ3n) is 2.18. The van der Waals surface area contributed by atoms with Crippen molar-refractivity contribution in [2.75, 3.05) is 11.1 Å². The topological polar surface area (TPSA) is 67.2 Å². The molecule has 86 valence electrons. The molecule has 0 unspecified atom stereocenters. The van der Waals surface area contributed by atoms with Gasteiger partial charge in [-0.2, -0.15) is 0 Å². The molecular weight excluding hydrogens is 202 g/mol. The molecule has 4 N–H and O–H groups in total. The van der Waals surface area contributed by atoms with Crippen LogP contribution in [0.1, 0.15) is 20.3 Å². The minimum atomic E-state index is -0.252. The normalized spacial score (nSPS) is 11.0. The van der Waals surface area contributed by atoms with Gasteiger partial charge in [-0.25, -0.2) is 4.79 Å². The van der Waals surface area contributed by atoms with Crippen molar-refractivity contribution < 1.29 is 4.79 Å². The van der Waals surface area contributed by atoms with Gasteiger partial charge in [0.1, 0.15) is 0 Å². The Hall–Kier alpha value is -1.97. The van der Waals surface area contributed by atoms with Gasteiger partial charge in [0.25, 0.3) is 0 Å². The molecule has 0 aliphatic heterocycles. The third kappa shape index (κ3) is 4.04. The van der Waals surface area contributed by atoms with Crippen LogP contribution in [0.25, 0.3) is 0 Å². The highest BCUT2D eigenvalue weighted by Gasteiger charge is 1.98. The average molecular weight is 219 g/mol. The summed E-state index contributed by atoms with van der Waals surface area (Å²) in [6.07, 6.45) is 2.62. The van der Waals surface area contributed by atoms with Gasteiger partial charge in [-0.3, -0.25) is 0 Å². The second-order valence-corrected chi connectivity index (χ2v) is 3.56. The largest absolute Gasteiger partial charge is 0.399 e. The summed E-state index contributed by atoms with van der Waals surface area (Å²) in [7, 11) is 0. The van der Waals surface area contributed by atoms with Gasteiger partial charge in [0.2, 0.25) is 0 Å². The number of nitrogens with one attached hydrogen (secondary N) is 2. The van der Waals surface area contributed by atoms with Crippen molar-refractivity contribution in [2.24, 2.45) is 0 Å². The molecule has 1 aromatic carbocycles. The fourth-order valence-corrected chi connectivity index (χ4v) is 1.02. The summed E-state index contributed by atoms with van der Waals surface area (Å²) in [5.74, 6) is 0. The van der Waals surface area contributed by atoms with Crippen LogP contribution >= 0.6 is 0 Å². The van der Waals surface area contributed by atoms with Crippen molar-refractivity contribution in [3.05, 3.63) is 36.0 Å².